The fraction of sp³-hybridized carbons (Fsp3) is 0.279. The number of methoxy groups -OCH3 is 1. The molecule has 0 fully saturated rings. The Labute approximate surface area is 285 Å². The van der Waals surface area contributed by atoms with E-state index in [9.17, 15) is 4.79 Å². The molecule has 3 rings (SSSR count). The molecular weight excluding hydrogens is 592 g/mol. The Morgan fingerprint density at radius 1 is 0.917 bits per heavy atom. The van der Waals surface area contributed by atoms with Crippen molar-refractivity contribution in [1.82, 2.24) is 0 Å². The number of carbonyl (C=O) groups is 1. The summed E-state index contributed by atoms with van der Waals surface area (Å²) in [5.41, 5.74) is 5.60. The highest BCUT2D eigenvalue weighted by molar-refractivity contribution is 5.89. The van der Waals surface area contributed by atoms with Gasteiger partial charge in [0.1, 0.15) is 11.9 Å². The predicted molar refractivity (Wildman–Crippen MR) is 193 cm³/mol. The fourth-order valence-electron chi connectivity index (χ4n) is 5.25. The van der Waals surface area contributed by atoms with Crippen molar-refractivity contribution in [2.24, 2.45) is 5.92 Å². The Morgan fingerprint density at radius 2 is 1.44 bits per heavy atom. The van der Waals surface area contributed by atoms with Gasteiger partial charge in [-0.15, -0.1) is 6.42 Å². The highest BCUT2D eigenvalue weighted by atomic mass is 16.6. The Balaban J connectivity index is 1.74. The van der Waals surface area contributed by atoms with E-state index in [0.717, 1.165) is 45.9 Å². The topological polar surface area (TPSA) is 50.8 Å². The molecule has 0 radical (unpaired) electrons. The van der Waals surface area contributed by atoms with Crippen LogP contribution in [0.5, 0.6) is 5.75 Å². The van der Waals surface area contributed by atoms with Crippen LogP contribution in [0.25, 0.3) is 0 Å². The maximum Gasteiger partial charge on any atom is 0.412 e. The van der Waals surface area contributed by atoms with Crippen molar-refractivity contribution in [3.63, 3.8) is 0 Å². The Bertz CT molecular complexity index is 2120. The first-order valence-corrected chi connectivity index (χ1v) is 15.1. The summed E-state index contributed by atoms with van der Waals surface area (Å²) >= 11 is 0. The number of aryl methyl sites for hydroxylation is 1. The van der Waals surface area contributed by atoms with Crippen LogP contribution in [0, 0.1) is 127 Å². The number of amides is 1. The largest absolute Gasteiger partial charge is 0.497 e. The van der Waals surface area contributed by atoms with E-state index in [-0.39, 0.29) is 11.5 Å². The first kappa shape index (κ1) is 35.8. The van der Waals surface area contributed by atoms with Crippen LogP contribution in [0.4, 0.5) is 16.2 Å². The number of fused-ring (bicyclic) bond motifs is 1. The quantitative estimate of drug-likeness (QED) is 0.410. The molecule has 1 aliphatic rings. The summed E-state index contributed by atoms with van der Waals surface area (Å²) in [4.78, 5) is 15.4. The summed E-state index contributed by atoms with van der Waals surface area (Å²) in [6.45, 7) is 13.2. The standard InChI is InChI=1S/C43H34N2O3/c1-9-11-12-13-14-15-16-17-18-19-20-21-22-23-24-25-26-37-32-39-34(4)41(33(3)31-40(39)45(10-2)43(37,6)7)44-42(46)48-35(5)36-27-29-38(47-8)30-28-36/h1,27-31,35,37H,10,32H2,2-8H3,(H,44,46). The van der Waals surface area contributed by atoms with Crippen molar-refractivity contribution < 1.29 is 14.3 Å². The second kappa shape index (κ2) is 17.7. The fourth-order valence-corrected chi connectivity index (χ4v) is 5.25. The first-order chi connectivity index (χ1) is 23.1. The van der Waals surface area contributed by atoms with Crippen molar-refractivity contribution in [1.29, 1.82) is 0 Å². The number of carbonyl (C=O) groups excluding carboxylic acids is 1. The predicted octanol–water partition coefficient (Wildman–Crippen LogP) is 6.06. The van der Waals surface area contributed by atoms with Gasteiger partial charge < -0.3 is 14.4 Å². The molecular formula is C43H34N2O3. The van der Waals surface area contributed by atoms with E-state index in [4.69, 9.17) is 15.9 Å². The molecule has 1 N–H and O–H groups in total. The van der Waals surface area contributed by atoms with Crippen LogP contribution in [0.2, 0.25) is 0 Å². The monoisotopic (exact) mass is 626 g/mol. The number of benzene rings is 2. The zero-order chi connectivity index (χ0) is 34.9. The van der Waals surface area contributed by atoms with E-state index in [2.05, 4.69) is 138 Å². The van der Waals surface area contributed by atoms with Gasteiger partial charge in [0, 0.05) is 23.7 Å². The molecule has 1 aliphatic heterocycles. The van der Waals surface area contributed by atoms with Crippen molar-refractivity contribution in [3.8, 4) is 113 Å². The lowest BCUT2D eigenvalue weighted by Crippen LogP contribution is -2.53. The normalized spacial score (nSPS) is 13.1. The number of hydrogen-bond acceptors (Lipinski definition) is 4. The van der Waals surface area contributed by atoms with Gasteiger partial charge in [0.25, 0.3) is 0 Å². The van der Waals surface area contributed by atoms with Crippen LogP contribution >= 0.6 is 0 Å². The molecule has 0 saturated carbocycles. The van der Waals surface area contributed by atoms with E-state index in [0.29, 0.717) is 6.42 Å². The zero-order valence-electron chi connectivity index (χ0n) is 28.2. The summed E-state index contributed by atoms with van der Waals surface area (Å²) in [5, 5.41) is 3.00. The maximum absolute atomic E-state index is 13.0. The molecule has 1 amide bonds. The molecule has 1 heterocycles. The summed E-state index contributed by atoms with van der Waals surface area (Å²) in [6.07, 6.45) is 4.74. The molecule has 48 heavy (non-hydrogen) atoms. The van der Waals surface area contributed by atoms with Gasteiger partial charge in [0.05, 0.1) is 12.8 Å². The van der Waals surface area contributed by atoms with Crippen LogP contribution in [-0.4, -0.2) is 25.3 Å². The zero-order valence-corrected chi connectivity index (χ0v) is 28.2. The van der Waals surface area contributed by atoms with Crippen LogP contribution in [0.15, 0.2) is 30.3 Å². The van der Waals surface area contributed by atoms with Gasteiger partial charge in [-0.05, 0) is 183 Å². The van der Waals surface area contributed by atoms with Gasteiger partial charge in [-0.25, -0.2) is 4.79 Å². The molecule has 2 aromatic rings. The van der Waals surface area contributed by atoms with Crippen LogP contribution in [0.3, 0.4) is 0 Å². The number of rotatable bonds is 5. The van der Waals surface area contributed by atoms with Gasteiger partial charge >= 0.3 is 6.09 Å². The Morgan fingerprint density at radius 3 is 1.94 bits per heavy atom. The van der Waals surface area contributed by atoms with Crippen LogP contribution in [-0.2, 0) is 11.2 Å². The third-order valence-electron chi connectivity index (χ3n) is 7.74. The smallest absolute Gasteiger partial charge is 0.412 e. The van der Waals surface area contributed by atoms with Gasteiger partial charge in [0.2, 0.25) is 0 Å². The SMILES string of the molecule is C#CC#CC#CC#CC#CC#CC#CC#CC#CC1Cc2c(cc(C)c(NC(=O)OC(C)c3ccc(OC)cc3)c2C)N(CC)C1(C)C. The second-order valence-corrected chi connectivity index (χ2v) is 11.0. The van der Waals surface area contributed by atoms with Gasteiger partial charge in [0.15, 0.2) is 0 Å². The highest BCUT2D eigenvalue weighted by Gasteiger charge is 2.40. The summed E-state index contributed by atoms with van der Waals surface area (Å²) in [5.74, 6) is 45.2. The number of ether oxygens (including phenoxy) is 2. The number of hydrogen-bond donors (Lipinski definition) is 1. The maximum atomic E-state index is 13.0. The van der Waals surface area contributed by atoms with Crippen molar-refractivity contribution >= 4 is 17.5 Å². The molecule has 0 bridgehead atoms. The highest BCUT2D eigenvalue weighted by Crippen LogP contribution is 2.44. The lowest BCUT2D eigenvalue weighted by atomic mass is 9.75. The number of anilines is 2. The molecule has 2 unspecified atom stereocenters. The van der Waals surface area contributed by atoms with Gasteiger partial charge in [-0.3, -0.25) is 5.32 Å². The van der Waals surface area contributed by atoms with E-state index in [1.807, 2.05) is 45.0 Å². The molecule has 0 spiro atoms. The summed E-state index contributed by atoms with van der Waals surface area (Å²) in [7, 11) is 1.61. The van der Waals surface area contributed by atoms with Crippen molar-refractivity contribution in [3.05, 3.63) is 52.6 Å². The first-order valence-electron chi connectivity index (χ1n) is 15.1. The average molecular weight is 627 g/mol. The summed E-state index contributed by atoms with van der Waals surface area (Å²) in [6, 6.07) is 9.59. The Kier molecular flexibility index (Phi) is 13.2. The second-order valence-electron chi connectivity index (χ2n) is 11.0. The van der Waals surface area contributed by atoms with E-state index >= 15 is 0 Å². The number of terminal acetylenes is 1. The molecule has 234 valence electrons. The van der Waals surface area contributed by atoms with E-state index in [1.54, 1.807) is 7.11 Å². The van der Waals surface area contributed by atoms with Crippen LogP contribution in [0.1, 0.15) is 56.1 Å². The molecule has 2 atom stereocenters. The van der Waals surface area contributed by atoms with Crippen molar-refractivity contribution in [2.75, 3.05) is 23.9 Å². The lowest BCUT2D eigenvalue weighted by molar-refractivity contribution is 0.121. The van der Waals surface area contributed by atoms with Crippen LogP contribution < -0.4 is 15.0 Å². The van der Waals surface area contributed by atoms with Gasteiger partial charge in [-0.2, -0.15) is 0 Å². The van der Waals surface area contributed by atoms with Gasteiger partial charge in [-0.1, -0.05) is 18.1 Å². The number of nitrogens with one attached hydrogen (secondary N) is 1. The number of nitrogens with zero attached hydrogens (tertiary/aromatic N) is 1. The van der Waals surface area contributed by atoms with E-state index in [1.165, 1.54) is 0 Å². The molecule has 5 heteroatoms. The average Bonchev–Trinajstić information content (AvgIpc) is 3.06. The minimum Gasteiger partial charge on any atom is -0.497 e. The molecule has 5 nitrogen and oxygen atoms in total. The molecule has 2 aromatic carbocycles. The lowest BCUT2D eigenvalue weighted by Gasteiger charge is -2.49. The molecule has 0 aliphatic carbocycles. The minimum atomic E-state index is -0.514. The summed E-state index contributed by atoms with van der Waals surface area (Å²) < 4.78 is 10.9. The van der Waals surface area contributed by atoms with E-state index < -0.39 is 12.2 Å². The molecule has 0 aromatic heterocycles. The third kappa shape index (κ3) is 9.67. The molecule has 0 saturated heterocycles. The third-order valence-corrected chi connectivity index (χ3v) is 7.74. The van der Waals surface area contributed by atoms with Crippen molar-refractivity contribution in [2.45, 2.75) is 59.6 Å². The Hall–Kier alpha value is -6.65. The minimum absolute atomic E-state index is 0.0197.